The Morgan fingerprint density at radius 3 is 2.84 bits per heavy atom. The normalized spacial score (nSPS) is 16.2. The van der Waals surface area contributed by atoms with E-state index < -0.39 is 0 Å². The molecule has 1 unspecified atom stereocenters. The predicted molar refractivity (Wildman–Crippen MR) is 117 cm³/mol. The first kappa shape index (κ1) is 22.0. The lowest BCUT2D eigenvalue weighted by molar-refractivity contribution is 0.0850. The fourth-order valence-corrected chi connectivity index (χ4v) is 3.81. The summed E-state index contributed by atoms with van der Waals surface area (Å²) in [6, 6.07) is 13.6. The first-order chi connectivity index (χ1) is 15.6. The number of aryl methyl sites for hydroxylation is 1. The van der Waals surface area contributed by atoms with E-state index in [0.29, 0.717) is 24.9 Å². The number of nitrogens with one attached hydrogen (secondary N) is 1. The third-order valence-electron chi connectivity index (χ3n) is 5.54. The number of likely N-dealkylation sites (tertiary alicyclic amines) is 1. The van der Waals surface area contributed by atoms with E-state index in [0.717, 1.165) is 36.9 Å². The molecule has 0 saturated carbocycles. The van der Waals surface area contributed by atoms with Crippen molar-refractivity contribution in [3.8, 4) is 0 Å². The number of carbonyl (C=O) groups is 1. The van der Waals surface area contributed by atoms with Crippen molar-refractivity contribution in [1.82, 2.24) is 15.0 Å². The zero-order valence-corrected chi connectivity index (χ0v) is 18.1. The minimum Gasteiger partial charge on any atom is -0.367 e. The summed E-state index contributed by atoms with van der Waals surface area (Å²) in [5.74, 6) is 0.556. The van der Waals surface area contributed by atoms with Crippen molar-refractivity contribution in [2.24, 2.45) is 0 Å². The monoisotopic (exact) mass is 438 g/mol. The molecule has 8 heteroatoms. The van der Waals surface area contributed by atoms with Crippen LogP contribution < -0.4 is 5.32 Å². The van der Waals surface area contributed by atoms with Gasteiger partial charge in [-0.25, -0.2) is 9.18 Å². The van der Waals surface area contributed by atoms with Gasteiger partial charge in [0, 0.05) is 12.2 Å². The number of hydrogen-bond donors (Lipinski definition) is 1. The number of amides is 2. The molecule has 3 aromatic rings. The highest BCUT2D eigenvalue weighted by Crippen LogP contribution is 2.30. The molecule has 1 fully saturated rings. The van der Waals surface area contributed by atoms with Crippen molar-refractivity contribution in [2.75, 3.05) is 11.9 Å². The Balaban J connectivity index is 1.37. The first-order valence-corrected chi connectivity index (χ1v) is 10.9. The summed E-state index contributed by atoms with van der Waals surface area (Å²) in [5.41, 5.74) is 2.80. The Hall–Kier alpha value is -3.26. The van der Waals surface area contributed by atoms with Crippen LogP contribution in [0, 0.1) is 5.82 Å². The molecule has 0 aliphatic carbocycles. The van der Waals surface area contributed by atoms with Crippen molar-refractivity contribution in [3.63, 3.8) is 0 Å². The van der Waals surface area contributed by atoms with Gasteiger partial charge >= 0.3 is 6.03 Å². The Labute approximate surface area is 186 Å². The molecule has 7 nitrogen and oxygen atoms in total. The summed E-state index contributed by atoms with van der Waals surface area (Å²) in [4.78, 5) is 19.2. The van der Waals surface area contributed by atoms with Crippen LogP contribution in [0.25, 0.3) is 0 Å². The number of piperidine rings is 1. The molecule has 32 heavy (non-hydrogen) atoms. The maximum absolute atomic E-state index is 13.0. The number of nitrogens with zero attached hydrogens (tertiary/aromatic N) is 3. The summed E-state index contributed by atoms with van der Waals surface area (Å²) >= 11 is 0. The highest BCUT2D eigenvalue weighted by Gasteiger charge is 2.31. The summed E-state index contributed by atoms with van der Waals surface area (Å²) in [6.45, 7) is 3.17. The maximum Gasteiger partial charge on any atom is 0.322 e. The number of rotatable bonds is 7. The summed E-state index contributed by atoms with van der Waals surface area (Å²) < 4.78 is 23.9. The van der Waals surface area contributed by atoms with Gasteiger partial charge in [0.1, 0.15) is 12.4 Å². The van der Waals surface area contributed by atoms with Gasteiger partial charge in [0.2, 0.25) is 0 Å². The van der Waals surface area contributed by atoms with Gasteiger partial charge in [0.05, 0.1) is 12.6 Å². The largest absolute Gasteiger partial charge is 0.367 e. The lowest BCUT2D eigenvalue weighted by Gasteiger charge is -2.33. The maximum atomic E-state index is 13.0. The van der Waals surface area contributed by atoms with E-state index in [9.17, 15) is 9.18 Å². The molecule has 1 aliphatic heterocycles. The molecule has 168 valence electrons. The number of aromatic nitrogens is 2. The molecule has 2 aromatic carbocycles. The van der Waals surface area contributed by atoms with E-state index >= 15 is 0 Å². The van der Waals surface area contributed by atoms with Crippen molar-refractivity contribution >= 4 is 11.7 Å². The lowest BCUT2D eigenvalue weighted by atomic mass is 10.0. The molecular weight excluding hydrogens is 411 g/mol. The lowest BCUT2D eigenvalue weighted by Crippen LogP contribution is -2.41. The molecule has 0 spiro atoms. The second kappa shape index (κ2) is 10.4. The standard InChI is InChI=1S/C24H27FN4O3/c1-2-17-6-5-7-20(14-17)26-24(30)29-13-4-3-8-21(29)23-27-22(32-28-23)16-31-15-18-9-11-19(25)12-10-18/h5-7,9-12,14,21H,2-4,8,13,15-16H2,1H3,(H,26,30). The van der Waals surface area contributed by atoms with Crippen LogP contribution in [0.3, 0.4) is 0 Å². The zero-order valence-electron chi connectivity index (χ0n) is 18.1. The van der Waals surface area contributed by atoms with Crippen LogP contribution >= 0.6 is 0 Å². The van der Waals surface area contributed by atoms with Crippen molar-refractivity contribution in [3.05, 3.63) is 77.2 Å². The van der Waals surface area contributed by atoms with E-state index in [1.807, 2.05) is 24.3 Å². The first-order valence-electron chi connectivity index (χ1n) is 10.9. The fraction of sp³-hybridized carbons (Fsp3) is 0.375. The van der Waals surface area contributed by atoms with Gasteiger partial charge in [-0.1, -0.05) is 36.3 Å². The van der Waals surface area contributed by atoms with Gasteiger partial charge in [-0.2, -0.15) is 4.98 Å². The highest BCUT2D eigenvalue weighted by molar-refractivity contribution is 5.89. The van der Waals surface area contributed by atoms with Gasteiger partial charge in [0.25, 0.3) is 5.89 Å². The van der Waals surface area contributed by atoms with E-state index in [4.69, 9.17) is 9.26 Å². The quantitative estimate of drug-likeness (QED) is 0.545. The number of carbonyl (C=O) groups excluding carboxylic acids is 1. The van der Waals surface area contributed by atoms with E-state index in [2.05, 4.69) is 22.4 Å². The molecule has 2 amide bonds. The molecule has 1 N–H and O–H groups in total. The second-order valence-electron chi connectivity index (χ2n) is 7.85. The van der Waals surface area contributed by atoms with Crippen molar-refractivity contribution < 1.29 is 18.4 Å². The van der Waals surface area contributed by atoms with Crippen LogP contribution in [0.5, 0.6) is 0 Å². The third-order valence-corrected chi connectivity index (χ3v) is 5.54. The van der Waals surface area contributed by atoms with Crippen LogP contribution in [0.4, 0.5) is 14.9 Å². The van der Waals surface area contributed by atoms with Gasteiger partial charge in [-0.3, -0.25) is 0 Å². The second-order valence-corrected chi connectivity index (χ2v) is 7.85. The van der Waals surface area contributed by atoms with Crippen molar-refractivity contribution in [2.45, 2.75) is 51.9 Å². The van der Waals surface area contributed by atoms with Crippen LogP contribution in [-0.4, -0.2) is 27.6 Å². The minimum absolute atomic E-state index is 0.146. The van der Waals surface area contributed by atoms with Gasteiger partial charge in [-0.15, -0.1) is 0 Å². The SMILES string of the molecule is CCc1cccc(NC(=O)N2CCCCC2c2noc(COCc3ccc(F)cc3)n2)c1. The van der Waals surface area contributed by atoms with Gasteiger partial charge in [-0.05, 0) is 61.1 Å². The zero-order chi connectivity index (χ0) is 22.3. The number of urea groups is 1. The van der Waals surface area contributed by atoms with Crippen LogP contribution in [0.2, 0.25) is 0 Å². The predicted octanol–water partition coefficient (Wildman–Crippen LogP) is 5.25. The Morgan fingerprint density at radius 1 is 1.19 bits per heavy atom. The molecule has 1 aliphatic rings. The molecular formula is C24H27FN4O3. The van der Waals surface area contributed by atoms with Crippen LogP contribution in [-0.2, 0) is 24.4 Å². The molecule has 4 rings (SSSR count). The third kappa shape index (κ3) is 5.50. The fourth-order valence-electron chi connectivity index (χ4n) is 3.81. The average Bonchev–Trinajstić information content (AvgIpc) is 3.29. The molecule has 1 atom stereocenters. The topological polar surface area (TPSA) is 80.5 Å². The van der Waals surface area contributed by atoms with Crippen LogP contribution in [0.1, 0.15) is 55.1 Å². The number of hydrogen-bond acceptors (Lipinski definition) is 5. The molecule has 0 radical (unpaired) electrons. The Kier molecular flexibility index (Phi) is 7.11. The van der Waals surface area contributed by atoms with Crippen LogP contribution in [0.15, 0.2) is 53.1 Å². The molecule has 0 bridgehead atoms. The Morgan fingerprint density at radius 2 is 2.03 bits per heavy atom. The number of ether oxygens (including phenoxy) is 1. The van der Waals surface area contributed by atoms with E-state index in [1.54, 1.807) is 17.0 Å². The van der Waals surface area contributed by atoms with Gasteiger partial charge in [0.15, 0.2) is 5.82 Å². The molecule has 1 aromatic heterocycles. The number of halogens is 1. The van der Waals surface area contributed by atoms with Crippen molar-refractivity contribution in [1.29, 1.82) is 0 Å². The molecule has 1 saturated heterocycles. The summed E-state index contributed by atoms with van der Waals surface area (Å²) in [5, 5.41) is 7.11. The average molecular weight is 439 g/mol. The Bertz CT molecular complexity index is 1040. The number of anilines is 1. The van der Waals surface area contributed by atoms with Gasteiger partial charge < -0.3 is 19.5 Å². The number of benzene rings is 2. The summed E-state index contributed by atoms with van der Waals surface area (Å²) in [6.07, 6.45) is 3.61. The van der Waals surface area contributed by atoms with E-state index in [-0.39, 0.29) is 24.5 Å². The van der Waals surface area contributed by atoms with E-state index in [1.165, 1.54) is 17.7 Å². The minimum atomic E-state index is -0.283. The molecule has 2 heterocycles. The highest BCUT2D eigenvalue weighted by atomic mass is 19.1. The smallest absolute Gasteiger partial charge is 0.322 e. The summed E-state index contributed by atoms with van der Waals surface area (Å²) in [7, 11) is 0.